The number of morpholine rings is 1. The Hall–Kier alpha value is -0.460. The molecule has 2 saturated heterocycles. The van der Waals surface area contributed by atoms with Gasteiger partial charge >= 0.3 is 0 Å². The number of rotatable bonds is 5. The average Bonchev–Trinajstić information content (AvgIpc) is 3.13. The van der Waals surface area contributed by atoms with Crippen molar-refractivity contribution in [3.8, 4) is 0 Å². The molecule has 0 amide bonds. The fourth-order valence-corrected chi connectivity index (χ4v) is 5.72. The first kappa shape index (κ1) is 19.3. The van der Waals surface area contributed by atoms with Gasteiger partial charge in [0.15, 0.2) is 5.96 Å². The van der Waals surface area contributed by atoms with E-state index < -0.39 is 0 Å². The van der Waals surface area contributed by atoms with Crippen LogP contribution in [0.1, 0.15) is 46.0 Å². The van der Waals surface area contributed by atoms with Crippen molar-refractivity contribution < 1.29 is 4.74 Å². The number of hydrogen-bond acceptors (Lipinski definition) is 4. The molecule has 0 bridgehead atoms. The summed E-state index contributed by atoms with van der Waals surface area (Å²) in [7, 11) is 0. The van der Waals surface area contributed by atoms with Crippen LogP contribution in [0, 0.1) is 5.92 Å². The Bertz CT molecular complexity index is 425. The molecule has 2 aliphatic heterocycles. The lowest BCUT2D eigenvalue weighted by atomic mass is 9.87. The average molecular weight is 369 g/mol. The van der Waals surface area contributed by atoms with Crippen molar-refractivity contribution in [2.45, 2.75) is 57.5 Å². The van der Waals surface area contributed by atoms with Gasteiger partial charge in [0.25, 0.3) is 0 Å². The summed E-state index contributed by atoms with van der Waals surface area (Å²) in [5.74, 6) is 4.37. The van der Waals surface area contributed by atoms with E-state index in [4.69, 9.17) is 9.73 Å². The maximum absolute atomic E-state index is 5.57. The van der Waals surface area contributed by atoms with E-state index in [9.17, 15) is 0 Å². The first-order valence-corrected chi connectivity index (χ1v) is 11.3. The molecule has 2 heterocycles. The molecule has 3 aliphatic rings. The Labute approximate surface area is 157 Å². The molecule has 25 heavy (non-hydrogen) atoms. The number of guanidine groups is 1. The molecule has 0 aromatic rings. The summed E-state index contributed by atoms with van der Waals surface area (Å²) in [6, 6.07) is 0.589. The van der Waals surface area contributed by atoms with Crippen LogP contribution in [0.4, 0.5) is 0 Å². The third-order valence-corrected chi connectivity index (χ3v) is 7.23. The van der Waals surface area contributed by atoms with E-state index in [2.05, 4.69) is 41.1 Å². The zero-order valence-corrected chi connectivity index (χ0v) is 16.9. The van der Waals surface area contributed by atoms with Gasteiger partial charge in [0.05, 0.1) is 25.3 Å². The molecular formula is C19H36N4OS. The molecule has 0 aromatic heterocycles. The van der Waals surface area contributed by atoms with Crippen LogP contribution >= 0.6 is 11.8 Å². The van der Waals surface area contributed by atoms with Gasteiger partial charge in [-0.2, -0.15) is 11.8 Å². The summed E-state index contributed by atoms with van der Waals surface area (Å²) in [6.45, 7) is 10.2. The summed E-state index contributed by atoms with van der Waals surface area (Å²) >= 11 is 2.08. The maximum Gasteiger partial charge on any atom is 0.191 e. The third-order valence-electron chi connectivity index (χ3n) is 6.00. The molecule has 0 aromatic carbocycles. The quantitative estimate of drug-likeness (QED) is 0.576. The van der Waals surface area contributed by atoms with Crippen molar-refractivity contribution in [1.29, 1.82) is 0 Å². The summed E-state index contributed by atoms with van der Waals surface area (Å²) in [6.07, 6.45) is 6.48. The minimum atomic E-state index is 0.234. The lowest BCUT2D eigenvalue weighted by Crippen LogP contribution is -2.56. The van der Waals surface area contributed by atoms with Crippen molar-refractivity contribution in [2.24, 2.45) is 10.9 Å². The molecule has 144 valence electrons. The minimum Gasteiger partial charge on any atom is -0.379 e. The van der Waals surface area contributed by atoms with Crippen molar-refractivity contribution in [3.63, 3.8) is 0 Å². The zero-order valence-electron chi connectivity index (χ0n) is 16.1. The van der Waals surface area contributed by atoms with Gasteiger partial charge in [-0.05, 0) is 50.7 Å². The van der Waals surface area contributed by atoms with E-state index in [1.165, 1.54) is 43.6 Å². The Kier molecular flexibility index (Phi) is 7.31. The topological polar surface area (TPSA) is 48.9 Å². The van der Waals surface area contributed by atoms with Gasteiger partial charge in [-0.3, -0.25) is 9.89 Å². The van der Waals surface area contributed by atoms with Crippen LogP contribution in [0.15, 0.2) is 4.99 Å². The standard InChI is InChI=1S/C19H36N4OS/c1-3-20-18(22-17-6-4-16(2)5-7-17)21-14-19(8-13-25-15-19)23-9-11-24-12-10-23/h16-17H,3-15H2,1-2H3,(H2,20,21,22). The van der Waals surface area contributed by atoms with Crippen LogP contribution in [0.2, 0.25) is 0 Å². The van der Waals surface area contributed by atoms with Crippen LogP contribution in [0.25, 0.3) is 0 Å². The van der Waals surface area contributed by atoms with Crippen molar-refractivity contribution >= 4 is 17.7 Å². The molecule has 1 aliphatic carbocycles. The van der Waals surface area contributed by atoms with Gasteiger partial charge in [-0.25, -0.2) is 0 Å². The van der Waals surface area contributed by atoms with E-state index in [1.54, 1.807) is 0 Å². The molecule has 1 atom stereocenters. The highest BCUT2D eigenvalue weighted by Gasteiger charge is 2.40. The SMILES string of the molecule is CCNC(=NCC1(N2CCOCC2)CCSC1)NC1CCC(C)CC1. The Balaban J connectivity index is 1.62. The number of ether oxygens (including phenoxy) is 1. The van der Waals surface area contributed by atoms with E-state index in [0.29, 0.717) is 6.04 Å². The smallest absolute Gasteiger partial charge is 0.191 e. The largest absolute Gasteiger partial charge is 0.379 e. The van der Waals surface area contributed by atoms with Gasteiger partial charge in [-0.1, -0.05) is 6.92 Å². The Morgan fingerprint density at radius 1 is 1.24 bits per heavy atom. The number of nitrogens with one attached hydrogen (secondary N) is 2. The molecular weight excluding hydrogens is 332 g/mol. The normalized spacial score (nSPS) is 34.9. The third kappa shape index (κ3) is 5.27. The molecule has 1 saturated carbocycles. The Morgan fingerprint density at radius 3 is 2.64 bits per heavy atom. The fraction of sp³-hybridized carbons (Fsp3) is 0.947. The molecule has 2 N–H and O–H groups in total. The van der Waals surface area contributed by atoms with E-state index in [1.807, 2.05) is 0 Å². The van der Waals surface area contributed by atoms with Gasteiger partial charge in [0, 0.05) is 31.4 Å². The number of nitrogens with zero attached hydrogens (tertiary/aromatic N) is 2. The molecule has 5 nitrogen and oxygen atoms in total. The van der Waals surface area contributed by atoms with Crippen molar-refractivity contribution in [3.05, 3.63) is 0 Å². The monoisotopic (exact) mass is 368 g/mol. The summed E-state index contributed by atoms with van der Waals surface area (Å²) in [5, 5.41) is 7.18. The second kappa shape index (κ2) is 9.47. The predicted octanol–water partition coefficient (Wildman–Crippen LogP) is 2.33. The van der Waals surface area contributed by atoms with Gasteiger partial charge in [0.1, 0.15) is 0 Å². The number of hydrogen-bond donors (Lipinski definition) is 2. The summed E-state index contributed by atoms with van der Waals surface area (Å²) in [4.78, 5) is 7.70. The lowest BCUT2D eigenvalue weighted by molar-refractivity contribution is -0.0104. The van der Waals surface area contributed by atoms with Crippen LogP contribution in [-0.2, 0) is 4.74 Å². The van der Waals surface area contributed by atoms with E-state index in [-0.39, 0.29) is 5.54 Å². The highest BCUT2D eigenvalue weighted by Crippen LogP contribution is 2.34. The van der Waals surface area contributed by atoms with Gasteiger partial charge < -0.3 is 15.4 Å². The van der Waals surface area contributed by atoms with Gasteiger partial charge in [-0.15, -0.1) is 0 Å². The second-order valence-electron chi connectivity index (χ2n) is 7.92. The van der Waals surface area contributed by atoms with Crippen LogP contribution in [0.5, 0.6) is 0 Å². The summed E-state index contributed by atoms with van der Waals surface area (Å²) in [5.41, 5.74) is 0.234. The molecule has 0 radical (unpaired) electrons. The van der Waals surface area contributed by atoms with E-state index >= 15 is 0 Å². The molecule has 1 unspecified atom stereocenters. The Morgan fingerprint density at radius 2 is 2.00 bits per heavy atom. The first-order chi connectivity index (χ1) is 12.2. The van der Waals surface area contributed by atoms with E-state index in [0.717, 1.165) is 51.3 Å². The lowest BCUT2D eigenvalue weighted by Gasteiger charge is -2.42. The predicted molar refractivity (Wildman–Crippen MR) is 108 cm³/mol. The molecule has 0 spiro atoms. The minimum absolute atomic E-state index is 0.234. The van der Waals surface area contributed by atoms with Gasteiger partial charge in [0.2, 0.25) is 0 Å². The van der Waals surface area contributed by atoms with Crippen LogP contribution in [-0.4, -0.2) is 73.3 Å². The van der Waals surface area contributed by atoms with Crippen molar-refractivity contribution in [2.75, 3.05) is 50.9 Å². The van der Waals surface area contributed by atoms with Crippen LogP contribution < -0.4 is 10.6 Å². The maximum atomic E-state index is 5.57. The zero-order chi connectivity index (χ0) is 17.5. The number of aliphatic imine (C=N–C) groups is 1. The molecule has 3 rings (SSSR count). The molecule has 3 fully saturated rings. The number of thioether (sulfide) groups is 1. The highest BCUT2D eigenvalue weighted by molar-refractivity contribution is 7.99. The van der Waals surface area contributed by atoms with Crippen LogP contribution in [0.3, 0.4) is 0 Å². The molecule has 6 heteroatoms. The fourth-order valence-electron chi connectivity index (χ4n) is 4.25. The second-order valence-corrected chi connectivity index (χ2v) is 9.03. The summed E-state index contributed by atoms with van der Waals surface area (Å²) < 4.78 is 5.57. The first-order valence-electron chi connectivity index (χ1n) is 10.2. The van der Waals surface area contributed by atoms with Crippen molar-refractivity contribution in [1.82, 2.24) is 15.5 Å². The highest BCUT2D eigenvalue weighted by atomic mass is 32.2.